The van der Waals surface area contributed by atoms with Crippen molar-refractivity contribution in [3.63, 3.8) is 0 Å². The molecule has 1 saturated carbocycles. The van der Waals surface area contributed by atoms with Crippen molar-refractivity contribution in [3.8, 4) is 0 Å². The Labute approximate surface area is 170 Å². The van der Waals surface area contributed by atoms with E-state index in [2.05, 4.69) is 25.7 Å². The molecule has 1 fully saturated rings. The molecule has 0 radical (unpaired) electrons. The molecule has 3 heterocycles. The van der Waals surface area contributed by atoms with Crippen molar-refractivity contribution in [2.24, 2.45) is 5.92 Å². The number of pyridine rings is 2. The third-order valence-electron chi connectivity index (χ3n) is 5.21. The number of alkyl halides is 3. The number of hydrogen-bond acceptors (Lipinski definition) is 5. The topological polar surface area (TPSA) is 84.2 Å². The second-order valence-electron chi connectivity index (χ2n) is 7.41. The first kappa shape index (κ1) is 20.1. The minimum absolute atomic E-state index is 0.00236. The van der Waals surface area contributed by atoms with Gasteiger partial charge in [0.1, 0.15) is 5.82 Å². The van der Waals surface area contributed by atoms with Crippen LogP contribution >= 0.6 is 0 Å². The lowest BCUT2D eigenvalue weighted by molar-refractivity contribution is -0.137. The highest BCUT2D eigenvalue weighted by atomic mass is 19.4. The average molecular weight is 418 g/mol. The Kier molecular flexibility index (Phi) is 5.56. The van der Waals surface area contributed by atoms with E-state index >= 15 is 0 Å². The molecule has 1 aliphatic carbocycles. The molecule has 4 rings (SSSR count). The summed E-state index contributed by atoms with van der Waals surface area (Å²) in [5, 5.41) is 9.80. The van der Waals surface area contributed by atoms with E-state index in [9.17, 15) is 18.0 Å². The largest absolute Gasteiger partial charge is 0.416 e. The van der Waals surface area contributed by atoms with Crippen LogP contribution in [0.2, 0.25) is 0 Å². The quantitative estimate of drug-likeness (QED) is 0.642. The van der Waals surface area contributed by atoms with Gasteiger partial charge < -0.3 is 5.32 Å². The van der Waals surface area contributed by atoms with Crippen LogP contribution in [-0.2, 0) is 6.18 Å². The van der Waals surface area contributed by atoms with Crippen molar-refractivity contribution in [2.45, 2.75) is 38.3 Å². The molecular formula is C20H21F3N6O. The van der Waals surface area contributed by atoms with E-state index in [1.54, 1.807) is 12.1 Å². The summed E-state index contributed by atoms with van der Waals surface area (Å²) < 4.78 is 41.4. The van der Waals surface area contributed by atoms with E-state index in [1.807, 2.05) is 0 Å². The summed E-state index contributed by atoms with van der Waals surface area (Å²) in [5.41, 5.74) is -0.529. The predicted molar refractivity (Wildman–Crippen MR) is 105 cm³/mol. The molecule has 1 aliphatic rings. The molecule has 1 amide bonds. The summed E-state index contributed by atoms with van der Waals surface area (Å²) in [6.45, 7) is 0.563. The Morgan fingerprint density at radius 3 is 2.70 bits per heavy atom. The highest BCUT2D eigenvalue weighted by Gasteiger charge is 2.32. The van der Waals surface area contributed by atoms with Gasteiger partial charge in [0.2, 0.25) is 5.95 Å². The molecule has 0 bridgehead atoms. The molecule has 158 valence electrons. The molecule has 0 spiro atoms. The smallest absolute Gasteiger partial charge is 0.370 e. The maximum absolute atomic E-state index is 13.4. The lowest BCUT2D eigenvalue weighted by atomic mass is 9.89. The number of rotatable bonds is 5. The normalized spacial score (nSPS) is 15.3. The van der Waals surface area contributed by atoms with Gasteiger partial charge in [0, 0.05) is 18.9 Å². The minimum Gasteiger partial charge on any atom is -0.370 e. The van der Waals surface area contributed by atoms with Gasteiger partial charge in [-0.05, 0) is 43.0 Å². The Bertz CT molecular complexity index is 1030. The lowest BCUT2D eigenvalue weighted by Gasteiger charge is -2.22. The third-order valence-corrected chi connectivity index (χ3v) is 5.21. The van der Waals surface area contributed by atoms with Crippen molar-refractivity contribution in [1.82, 2.24) is 19.6 Å². The number of nitrogens with zero attached hydrogens (tertiary/aromatic N) is 4. The zero-order valence-corrected chi connectivity index (χ0v) is 16.1. The van der Waals surface area contributed by atoms with Crippen LogP contribution in [0.5, 0.6) is 0 Å². The van der Waals surface area contributed by atoms with Crippen LogP contribution in [0.3, 0.4) is 0 Å². The number of carbonyl (C=O) groups excluding carboxylic acids is 1. The molecule has 3 aromatic heterocycles. The molecule has 7 nitrogen and oxygen atoms in total. The van der Waals surface area contributed by atoms with Crippen LogP contribution in [0.25, 0.3) is 5.65 Å². The Hall–Kier alpha value is -3.17. The maximum Gasteiger partial charge on any atom is 0.416 e. The summed E-state index contributed by atoms with van der Waals surface area (Å²) in [6, 6.07) is 5.11. The van der Waals surface area contributed by atoms with Crippen LogP contribution in [-0.4, -0.2) is 32.0 Å². The van der Waals surface area contributed by atoms with Crippen LogP contribution in [0.1, 0.15) is 48.0 Å². The van der Waals surface area contributed by atoms with Gasteiger partial charge in [0.25, 0.3) is 5.91 Å². The number of nitrogens with one attached hydrogen (secondary N) is 2. The van der Waals surface area contributed by atoms with Crippen molar-refractivity contribution in [3.05, 3.63) is 47.8 Å². The summed E-state index contributed by atoms with van der Waals surface area (Å²) >= 11 is 0. The van der Waals surface area contributed by atoms with E-state index in [0.29, 0.717) is 18.0 Å². The second kappa shape index (κ2) is 8.29. The summed E-state index contributed by atoms with van der Waals surface area (Å²) in [5.74, 6) is 0.0343. The number of fused-ring (bicyclic) bond motifs is 1. The lowest BCUT2D eigenvalue weighted by Crippen LogP contribution is -2.19. The first-order chi connectivity index (χ1) is 14.4. The Balaban J connectivity index is 1.62. The van der Waals surface area contributed by atoms with E-state index in [-0.39, 0.29) is 17.4 Å². The molecule has 0 atom stereocenters. The predicted octanol–water partition coefficient (Wildman–Crippen LogP) is 4.39. The van der Waals surface area contributed by atoms with Crippen LogP contribution < -0.4 is 10.6 Å². The zero-order chi connectivity index (χ0) is 21.1. The summed E-state index contributed by atoms with van der Waals surface area (Å²) in [7, 11) is 0. The summed E-state index contributed by atoms with van der Waals surface area (Å²) in [6.07, 6.45) is 3.97. The van der Waals surface area contributed by atoms with E-state index < -0.39 is 17.6 Å². The van der Waals surface area contributed by atoms with E-state index in [0.717, 1.165) is 37.8 Å². The molecule has 0 saturated heterocycles. The Morgan fingerprint density at radius 1 is 1.20 bits per heavy atom. The zero-order valence-electron chi connectivity index (χ0n) is 16.1. The van der Waals surface area contributed by atoms with Crippen molar-refractivity contribution >= 4 is 23.3 Å². The Morgan fingerprint density at radius 2 is 2.00 bits per heavy atom. The summed E-state index contributed by atoms with van der Waals surface area (Å²) in [4.78, 5) is 20.2. The van der Waals surface area contributed by atoms with Gasteiger partial charge >= 0.3 is 6.18 Å². The van der Waals surface area contributed by atoms with Gasteiger partial charge in [-0.1, -0.05) is 19.3 Å². The number of anilines is 2. The first-order valence-electron chi connectivity index (χ1n) is 9.83. The fourth-order valence-electron chi connectivity index (χ4n) is 3.64. The van der Waals surface area contributed by atoms with Gasteiger partial charge in [-0.2, -0.15) is 22.7 Å². The molecule has 3 aromatic rings. The molecule has 0 unspecified atom stereocenters. The standard InChI is InChI=1S/C20H21F3N6O/c21-20(22,23)15-9-16(25-11-13-5-2-1-3-6-13)29-17(10-15)26-19(28-29)27-18(30)14-7-4-8-24-12-14/h4,7-10,12-13,25H,1-3,5-6,11H2,(H,27,28,30). The van der Waals surface area contributed by atoms with E-state index in [1.165, 1.54) is 23.3 Å². The van der Waals surface area contributed by atoms with Crippen LogP contribution in [0.4, 0.5) is 24.9 Å². The number of carbonyl (C=O) groups is 1. The van der Waals surface area contributed by atoms with Gasteiger partial charge in [0.05, 0.1) is 11.1 Å². The van der Waals surface area contributed by atoms with Crippen LogP contribution in [0, 0.1) is 5.92 Å². The van der Waals surface area contributed by atoms with Crippen molar-refractivity contribution < 1.29 is 18.0 Å². The molecule has 2 N–H and O–H groups in total. The first-order valence-corrected chi connectivity index (χ1v) is 9.83. The number of halogens is 3. The third kappa shape index (κ3) is 4.52. The van der Waals surface area contributed by atoms with Crippen LogP contribution in [0.15, 0.2) is 36.7 Å². The number of aromatic nitrogens is 4. The van der Waals surface area contributed by atoms with Gasteiger partial charge in [-0.15, -0.1) is 5.10 Å². The molecule has 0 aromatic carbocycles. The molecule has 0 aliphatic heterocycles. The number of amides is 1. The minimum atomic E-state index is -4.52. The SMILES string of the molecule is O=C(Nc1nc2cc(C(F)(F)F)cc(NCC3CCCCC3)n2n1)c1cccnc1. The molecule has 30 heavy (non-hydrogen) atoms. The van der Waals surface area contributed by atoms with Crippen molar-refractivity contribution in [2.75, 3.05) is 17.2 Å². The fourth-order valence-corrected chi connectivity index (χ4v) is 3.64. The maximum atomic E-state index is 13.4. The highest BCUT2D eigenvalue weighted by Crippen LogP contribution is 2.32. The molecular weight excluding hydrogens is 397 g/mol. The van der Waals surface area contributed by atoms with Gasteiger partial charge in [-0.3, -0.25) is 15.1 Å². The monoisotopic (exact) mass is 418 g/mol. The van der Waals surface area contributed by atoms with Crippen molar-refractivity contribution in [1.29, 1.82) is 0 Å². The van der Waals surface area contributed by atoms with Gasteiger partial charge in [-0.25, -0.2) is 0 Å². The highest BCUT2D eigenvalue weighted by molar-refractivity contribution is 6.03. The second-order valence-corrected chi connectivity index (χ2v) is 7.41. The number of hydrogen-bond donors (Lipinski definition) is 2. The van der Waals surface area contributed by atoms with E-state index in [4.69, 9.17) is 0 Å². The average Bonchev–Trinajstić information content (AvgIpc) is 3.15. The van der Waals surface area contributed by atoms with Gasteiger partial charge in [0.15, 0.2) is 5.65 Å². The fraction of sp³-hybridized carbons (Fsp3) is 0.400. The molecule has 10 heteroatoms.